The average molecular weight is 386 g/mol. The van der Waals surface area contributed by atoms with Crippen molar-refractivity contribution < 1.29 is 19.1 Å². The Hall–Kier alpha value is -2.66. The number of benzene rings is 2. The van der Waals surface area contributed by atoms with Crippen LogP contribution in [0.2, 0.25) is 5.02 Å². The third-order valence-electron chi connectivity index (χ3n) is 4.58. The Kier molecular flexibility index (Phi) is 5.91. The topological polar surface area (TPSA) is 63.7 Å². The first kappa shape index (κ1) is 19.1. The smallest absolute Gasteiger partial charge is 0.312 e. The molecule has 0 aliphatic carbocycles. The molecule has 1 aliphatic rings. The van der Waals surface area contributed by atoms with E-state index in [-0.39, 0.29) is 24.7 Å². The first-order valence-electron chi connectivity index (χ1n) is 8.85. The zero-order chi connectivity index (χ0) is 19.4. The maximum Gasteiger partial charge on any atom is 0.312 e. The summed E-state index contributed by atoms with van der Waals surface area (Å²) < 4.78 is 5.46. The van der Waals surface area contributed by atoms with E-state index in [4.69, 9.17) is 16.3 Å². The fraction of sp³-hybridized carbons (Fsp3) is 0.286. The molecule has 2 aromatic rings. The molecular weight excluding hydrogens is 366 g/mol. The maximum atomic E-state index is 12.6. The van der Waals surface area contributed by atoms with Gasteiger partial charge in [0, 0.05) is 29.2 Å². The first-order valence-corrected chi connectivity index (χ1v) is 9.23. The molecule has 2 aromatic carbocycles. The van der Waals surface area contributed by atoms with Crippen LogP contribution in [0.4, 0.5) is 5.69 Å². The van der Waals surface area contributed by atoms with Crippen LogP contribution in [-0.2, 0) is 14.3 Å². The van der Waals surface area contributed by atoms with Crippen LogP contribution >= 0.6 is 11.6 Å². The van der Waals surface area contributed by atoms with Gasteiger partial charge in [0.05, 0.1) is 5.92 Å². The van der Waals surface area contributed by atoms with Gasteiger partial charge in [-0.15, -0.1) is 0 Å². The Bertz CT molecular complexity index is 835. The quantitative estimate of drug-likeness (QED) is 0.559. The Morgan fingerprint density at radius 1 is 1.15 bits per heavy atom. The number of esters is 1. The average Bonchev–Trinajstić information content (AvgIpc) is 3.08. The van der Waals surface area contributed by atoms with E-state index in [1.807, 2.05) is 6.07 Å². The molecule has 5 nitrogen and oxygen atoms in total. The number of ether oxygens (including phenoxy) is 1. The monoisotopic (exact) mass is 385 g/mol. The number of hydrogen-bond acceptors (Lipinski definition) is 4. The van der Waals surface area contributed by atoms with Crippen molar-refractivity contribution >= 4 is 34.9 Å². The number of ketones is 1. The lowest BCUT2D eigenvalue weighted by Crippen LogP contribution is -2.31. The van der Waals surface area contributed by atoms with Crippen molar-refractivity contribution in [3.63, 3.8) is 0 Å². The summed E-state index contributed by atoms with van der Waals surface area (Å²) in [6.07, 6.45) is -0.405. The van der Waals surface area contributed by atoms with E-state index in [0.29, 0.717) is 22.7 Å². The highest BCUT2D eigenvalue weighted by atomic mass is 35.5. The number of hydrogen-bond donors (Lipinski definition) is 0. The van der Waals surface area contributed by atoms with Crippen molar-refractivity contribution in [2.24, 2.45) is 5.92 Å². The lowest BCUT2D eigenvalue weighted by molar-refractivity contribution is -0.151. The number of carbonyl (C=O) groups is 3. The van der Waals surface area contributed by atoms with Gasteiger partial charge in [0.1, 0.15) is 0 Å². The van der Waals surface area contributed by atoms with E-state index in [0.717, 1.165) is 0 Å². The summed E-state index contributed by atoms with van der Waals surface area (Å²) in [5.41, 5.74) is 1.19. The molecule has 0 aromatic heterocycles. The van der Waals surface area contributed by atoms with Gasteiger partial charge in [0.2, 0.25) is 11.7 Å². The van der Waals surface area contributed by atoms with Crippen LogP contribution in [0.15, 0.2) is 54.6 Å². The highest BCUT2D eigenvalue weighted by Gasteiger charge is 2.37. The number of carbonyl (C=O) groups excluding carboxylic acids is 3. The number of anilines is 1. The molecule has 27 heavy (non-hydrogen) atoms. The SMILES string of the molecule is CC[C@H](OC(=O)[C@H]1CC(=O)N(c2ccc(Cl)cc2)C1)C(=O)c1ccccc1. The summed E-state index contributed by atoms with van der Waals surface area (Å²) in [6.45, 7) is 2.02. The molecule has 0 saturated carbocycles. The largest absolute Gasteiger partial charge is 0.454 e. The molecule has 1 amide bonds. The molecule has 1 saturated heterocycles. The number of amides is 1. The van der Waals surface area contributed by atoms with Crippen LogP contribution in [0.1, 0.15) is 30.1 Å². The molecule has 0 N–H and O–H groups in total. The minimum absolute atomic E-state index is 0.0669. The van der Waals surface area contributed by atoms with E-state index in [2.05, 4.69) is 0 Å². The van der Waals surface area contributed by atoms with Crippen LogP contribution in [0.3, 0.4) is 0 Å². The molecule has 140 valence electrons. The van der Waals surface area contributed by atoms with Crippen molar-refractivity contribution in [2.75, 3.05) is 11.4 Å². The third kappa shape index (κ3) is 4.37. The number of Topliss-reactive ketones (excluding diaryl/α,β-unsaturated/α-hetero) is 1. The van der Waals surface area contributed by atoms with Gasteiger partial charge in [-0.05, 0) is 30.7 Å². The third-order valence-corrected chi connectivity index (χ3v) is 4.83. The summed E-state index contributed by atoms with van der Waals surface area (Å²) in [5.74, 6) is -1.49. The van der Waals surface area contributed by atoms with Gasteiger partial charge in [-0.3, -0.25) is 14.4 Å². The molecule has 0 unspecified atom stereocenters. The predicted molar refractivity (Wildman–Crippen MR) is 103 cm³/mol. The van der Waals surface area contributed by atoms with Gasteiger partial charge >= 0.3 is 5.97 Å². The maximum absolute atomic E-state index is 12.6. The summed E-state index contributed by atoms with van der Waals surface area (Å²) in [6, 6.07) is 15.6. The van der Waals surface area contributed by atoms with Crippen LogP contribution in [0.25, 0.3) is 0 Å². The normalized spacial score (nSPS) is 17.6. The second kappa shape index (κ2) is 8.35. The summed E-state index contributed by atoms with van der Waals surface area (Å²) >= 11 is 5.88. The molecule has 0 radical (unpaired) electrons. The molecule has 6 heteroatoms. The van der Waals surface area contributed by atoms with Crippen LogP contribution < -0.4 is 4.90 Å². The number of nitrogens with zero attached hydrogens (tertiary/aromatic N) is 1. The van der Waals surface area contributed by atoms with E-state index in [9.17, 15) is 14.4 Å². The van der Waals surface area contributed by atoms with Crippen LogP contribution in [0, 0.1) is 5.92 Å². The van der Waals surface area contributed by atoms with E-state index < -0.39 is 18.0 Å². The van der Waals surface area contributed by atoms with Crippen LogP contribution in [0.5, 0.6) is 0 Å². The number of rotatable bonds is 6. The Labute approximate surface area is 162 Å². The zero-order valence-electron chi connectivity index (χ0n) is 14.9. The predicted octanol–water partition coefficient (Wildman–Crippen LogP) is 3.90. The highest BCUT2D eigenvalue weighted by Crippen LogP contribution is 2.27. The summed E-state index contributed by atoms with van der Waals surface area (Å²) in [4.78, 5) is 38.9. The molecule has 1 aliphatic heterocycles. The van der Waals surface area contributed by atoms with Gasteiger partial charge in [-0.25, -0.2) is 0 Å². The van der Waals surface area contributed by atoms with E-state index in [1.54, 1.807) is 60.4 Å². The van der Waals surface area contributed by atoms with Crippen molar-refractivity contribution in [2.45, 2.75) is 25.9 Å². The summed E-state index contributed by atoms with van der Waals surface area (Å²) in [5, 5.41) is 0.576. The van der Waals surface area contributed by atoms with Crippen molar-refractivity contribution in [3.8, 4) is 0 Å². The second-order valence-corrected chi connectivity index (χ2v) is 6.88. The molecule has 3 rings (SSSR count). The van der Waals surface area contributed by atoms with Gasteiger partial charge < -0.3 is 9.64 Å². The Balaban J connectivity index is 1.66. The zero-order valence-corrected chi connectivity index (χ0v) is 15.7. The molecule has 2 atom stereocenters. The lowest BCUT2D eigenvalue weighted by Gasteiger charge is -2.19. The van der Waals surface area contributed by atoms with E-state index in [1.165, 1.54) is 0 Å². The molecule has 1 fully saturated rings. The fourth-order valence-corrected chi connectivity index (χ4v) is 3.21. The van der Waals surface area contributed by atoms with Gasteiger partial charge in [-0.2, -0.15) is 0 Å². The summed E-state index contributed by atoms with van der Waals surface area (Å²) in [7, 11) is 0. The Morgan fingerprint density at radius 3 is 2.44 bits per heavy atom. The molecule has 1 heterocycles. The van der Waals surface area contributed by atoms with Crippen molar-refractivity contribution in [1.29, 1.82) is 0 Å². The van der Waals surface area contributed by atoms with Gasteiger partial charge in [0.15, 0.2) is 6.10 Å². The highest BCUT2D eigenvalue weighted by molar-refractivity contribution is 6.30. The van der Waals surface area contributed by atoms with Gasteiger partial charge in [-0.1, -0.05) is 48.9 Å². The molecular formula is C21H20ClNO4. The lowest BCUT2D eigenvalue weighted by atomic mass is 10.0. The second-order valence-electron chi connectivity index (χ2n) is 6.45. The van der Waals surface area contributed by atoms with E-state index >= 15 is 0 Å². The number of halogens is 1. The fourth-order valence-electron chi connectivity index (χ4n) is 3.08. The standard InChI is InChI=1S/C21H20ClNO4/c1-2-18(20(25)14-6-4-3-5-7-14)27-21(26)15-12-19(24)23(13-15)17-10-8-16(22)9-11-17/h3-11,15,18H,2,12-13H2,1H3/t15-,18-/m0/s1. The van der Waals surface area contributed by atoms with Gasteiger partial charge in [0.25, 0.3) is 0 Å². The van der Waals surface area contributed by atoms with Crippen molar-refractivity contribution in [3.05, 3.63) is 65.2 Å². The Morgan fingerprint density at radius 2 is 1.81 bits per heavy atom. The molecule has 0 spiro atoms. The minimum atomic E-state index is -0.848. The first-order chi connectivity index (χ1) is 13.0. The van der Waals surface area contributed by atoms with Crippen LogP contribution in [-0.4, -0.2) is 30.3 Å². The van der Waals surface area contributed by atoms with Crippen molar-refractivity contribution in [1.82, 2.24) is 0 Å². The molecule has 0 bridgehead atoms. The minimum Gasteiger partial charge on any atom is -0.454 e.